The molecule has 1 heterocycles. The standard InChI is InChI=1S/C15H18N4O4S3/c1-8(25-15-19-18-14(26-15)24-7-12(16)20)13(21)17-10-6-9(22-2)4-5-11(10)23-3/h4-6,8H,7H2,1-3H3,(H2,16,20)(H,17,21). The Bertz CT molecular complexity index is 784. The molecule has 11 heteroatoms. The lowest BCUT2D eigenvalue weighted by Crippen LogP contribution is -2.22. The number of hydrogen-bond donors (Lipinski definition) is 2. The second-order valence-electron chi connectivity index (χ2n) is 4.90. The molecule has 26 heavy (non-hydrogen) atoms. The summed E-state index contributed by atoms with van der Waals surface area (Å²) in [5.74, 6) is 0.673. The first-order chi connectivity index (χ1) is 12.4. The van der Waals surface area contributed by atoms with E-state index in [-0.39, 0.29) is 11.7 Å². The number of nitrogens with two attached hydrogens (primary N) is 1. The fourth-order valence-electron chi connectivity index (χ4n) is 1.79. The number of nitrogens with one attached hydrogen (secondary N) is 1. The van der Waals surface area contributed by atoms with E-state index in [1.165, 1.54) is 42.0 Å². The number of carbonyl (C=O) groups is 2. The van der Waals surface area contributed by atoms with Gasteiger partial charge < -0.3 is 20.5 Å². The molecule has 0 spiro atoms. The third-order valence-electron chi connectivity index (χ3n) is 3.04. The van der Waals surface area contributed by atoms with Crippen molar-refractivity contribution >= 4 is 52.4 Å². The number of rotatable bonds is 9. The van der Waals surface area contributed by atoms with Gasteiger partial charge in [0.1, 0.15) is 11.5 Å². The quantitative estimate of drug-likeness (QED) is 0.600. The summed E-state index contributed by atoms with van der Waals surface area (Å²) in [6, 6.07) is 5.16. The van der Waals surface area contributed by atoms with Gasteiger partial charge in [-0.25, -0.2) is 0 Å². The van der Waals surface area contributed by atoms with Crippen molar-refractivity contribution in [1.29, 1.82) is 0 Å². The Morgan fingerprint density at radius 3 is 2.65 bits per heavy atom. The van der Waals surface area contributed by atoms with Crippen LogP contribution in [-0.2, 0) is 9.59 Å². The molecule has 0 saturated heterocycles. The average molecular weight is 415 g/mol. The van der Waals surface area contributed by atoms with E-state index in [9.17, 15) is 9.59 Å². The lowest BCUT2D eigenvalue weighted by Gasteiger charge is -2.14. The number of hydrogen-bond acceptors (Lipinski definition) is 9. The number of ether oxygens (including phenoxy) is 2. The molecule has 1 aromatic carbocycles. The normalized spacial score (nSPS) is 11.7. The predicted octanol–water partition coefficient (Wildman–Crippen LogP) is 2.25. The van der Waals surface area contributed by atoms with Crippen molar-refractivity contribution in [2.75, 3.05) is 25.3 Å². The number of carbonyl (C=O) groups excluding carboxylic acids is 2. The Kier molecular flexibility index (Phi) is 7.54. The van der Waals surface area contributed by atoms with Gasteiger partial charge in [-0.3, -0.25) is 9.59 Å². The number of methoxy groups -OCH3 is 2. The summed E-state index contributed by atoms with van der Waals surface area (Å²) in [6.45, 7) is 1.77. The van der Waals surface area contributed by atoms with Crippen LogP contribution in [0.2, 0.25) is 0 Å². The SMILES string of the molecule is COc1ccc(OC)c(NC(=O)C(C)Sc2nnc(SCC(N)=O)s2)c1. The number of amides is 2. The monoisotopic (exact) mass is 414 g/mol. The number of anilines is 1. The van der Waals surface area contributed by atoms with Gasteiger partial charge in [0.15, 0.2) is 8.68 Å². The van der Waals surface area contributed by atoms with Crippen LogP contribution in [-0.4, -0.2) is 47.2 Å². The van der Waals surface area contributed by atoms with Crippen molar-refractivity contribution in [3.05, 3.63) is 18.2 Å². The minimum absolute atomic E-state index is 0.144. The molecule has 0 saturated carbocycles. The zero-order valence-corrected chi connectivity index (χ0v) is 16.8. The summed E-state index contributed by atoms with van der Waals surface area (Å²) in [6.07, 6.45) is 0. The molecule has 0 radical (unpaired) electrons. The lowest BCUT2D eigenvalue weighted by molar-refractivity contribution is -0.116. The summed E-state index contributed by atoms with van der Waals surface area (Å²) in [5.41, 5.74) is 5.63. The molecule has 0 aliphatic rings. The molecule has 0 fully saturated rings. The molecule has 2 rings (SSSR count). The molecule has 0 bridgehead atoms. The fraction of sp³-hybridized carbons (Fsp3) is 0.333. The van der Waals surface area contributed by atoms with E-state index >= 15 is 0 Å². The highest BCUT2D eigenvalue weighted by atomic mass is 32.2. The number of primary amides is 1. The van der Waals surface area contributed by atoms with Crippen LogP contribution >= 0.6 is 34.9 Å². The molecule has 2 amide bonds. The van der Waals surface area contributed by atoms with Crippen molar-refractivity contribution in [2.24, 2.45) is 5.73 Å². The minimum atomic E-state index is -0.417. The smallest absolute Gasteiger partial charge is 0.237 e. The fourth-order valence-corrected chi connectivity index (χ4v) is 4.69. The first-order valence-electron chi connectivity index (χ1n) is 7.37. The van der Waals surface area contributed by atoms with E-state index in [2.05, 4.69) is 15.5 Å². The van der Waals surface area contributed by atoms with E-state index in [0.29, 0.717) is 25.9 Å². The van der Waals surface area contributed by atoms with Gasteiger partial charge in [0.25, 0.3) is 0 Å². The molecule has 3 N–H and O–H groups in total. The predicted molar refractivity (Wildman–Crippen MR) is 103 cm³/mol. The number of thioether (sulfide) groups is 2. The maximum atomic E-state index is 12.5. The minimum Gasteiger partial charge on any atom is -0.497 e. The summed E-state index contributed by atoms with van der Waals surface area (Å²) in [4.78, 5) is 23.3. The molecular formula is C15H18N4O4S3. The van der Waals surface area contributed by atoms with Crippen LogP contribution in [0.5, 0.6) is 11.5 Å². The van der Waals surface area contributed by atoms with E-state index in [1.807, 2.05) is 0 Å². The average Bonchev–Trinajstić information content (AvgIpc) is 3.07. The van der Waals surface area contributed by atoms with Crippen molar-refractivity contribution in [1.82, 2.24) is 10.2 Å². The molecule has 1 atom stereocenters. The van der Waals surface area contributed by atoms with Crippen molar-refractivity contribution in [2.45, 2.75) is 20.9 Å². The first kappa shape index (κ1) is 20.3. The molecule has 8 nitrogen and oxygen atoms in total. The van der Waals surface area contributed by atoms with Gasteiger partial charge in [0.05, 0.1) is 30.9 Å². The van der Waals surface area contributed by atoms with Crippen LogP contribution in [0.1, 0.15) is 6.92 Å². The highest BCUT2D eigenvalue weighted by molar-refractivity contribution is 8.04. The van der Waals surface area contributed by atoms with E-state index in [4.69, 9.17) is 15.2 Å². The number of aromatic nitrogens is 2. The van der Waals surface area contributed by atoms with Gasteiger partial charge >= 0.3 is 0 Å². The topological polar surface area (TPSA) is 116 Å². The molecule has 1 unspecified atom stereocenters. The Hall–Kier alpha value is -1.98. The van der Waals surface area contributed by atoms with E-state index in [0.717, 1.165) is 0 Å². The first-order valence-corrected chi connectivity index (χ1v) is 10.0. The van der Waals surface area contributed by atoms with Crippen molar-refractivity contribution < 1.29 is 19.1 Å². The van der Waals surface area contributed by atoms with Gasteiger partial charge in [-0.1, -0.05) is 34.9 Å². The highest BCUT2D eigenvalue weighted by Gasteiger charge is 2.19. The maximum absolute atomic E-state index is 12.5. The van der Waals surface area contributed by atoms with Crippen LogP contribution in [0.3, 0.4) is 0 Å². The van der Waals surface area contributed by atoms with Gasteiger partial charge in [-0.2, -0.15) is 0 Å². The van der Waals surface area contributed by atoms with Gasteiger partial charge in [0, 0.05) is 6.07 Å². The second-order valence-corrected chi connectivity index (χ2v) is 8.69. The summed E-state index contributed by atoms with van der Waals surface area (Å²) < 4.78 is 11.7. The van der Waals surface area contributed by atoms with E-state index in [1.54, 1.807) is 32.2 Å². The molecular weight excluding hydrogens is 396 g/mol. The van der Waals surface area contributed by atoms with Gasteiger partial charge in [-0.15, -0.1) is 10.2 Å². The Balaban J connectivity index is 1.98. The van der Waals surface area contributed by atoms with Crippen LogP contribution in [0.4, 0.5) is 5.69 Å². The number of nitrogens with zero attached hydrogens (tertiary/aromatic N) is 2. The summed E-state index contributed by atoms with van der Waals surface area (Å²) >= 11 is 3.82. The van der Waals surface area contributed by atoms with Crippen molar-refractivity contribution in [3.63, 3.8) is 0 Å². The molecule has 140 valence electrons. The molecule has 2 aromatic rings. The largest absolute Gasteiger partial charge is 0.497 e. The Morgan fingerprint density at radius 1 is 1.27 bits per heavy atom. The molecule has 0 aliphatic heterocycles. The van der Waals surface area contributed by atoms with E-state index < -0.39 is 11.2 Å². The van der Waals surface area contributed by atoms with Crippen molar-refractivity contribution in [3.8, 4) is 11.5 Å². The Labute approximate surface area is 163 Å². The van der Waals surface area contributed by atoms with Gasteiger partial charge in [-0.05, 0) is 19.1 Å². The zero-order chi connectivity index (χ0) is 19.1. The Morgan fingerprint density at radius 2 is 2.00 bits per heavy atom. The van der Waals surface area contributed by atoms with Crippen LogP contribution in [0.15, 0.2) is 26.9 Å². The van der Waals surface area contributed by atoms with Crippen LogP contribution in [0, 0.1) is 0 Å². The third kappa shape index (κ3) is 5.78. The lowest BCUT2D eigenvalue weighted by atomic mass is 10.2. The third-order valence-corrected chi connectivity index (χ3v) is 6.30. The summed E-state index contributed by atoms with van der Waals surface area (Å²) in [7, 11) is 3.08. The van der Waals surface area contributed by atoms with Crippen LogP contribution < -0.4 is 20.5 Å². The van der Waals surface area contributed by atoms with Gasteiger partial charge in [0.2, 0.25) is 11.8 Å². The zero-order valence-electron chi connectivity index (χ0n) is 14.3. The highest BCUT2D eigenvalue weighted by Crippen LogP contribution is 2.33. The number of benzene rings is 1. The molecule has 1 aromatic heterocycles. The summed E-state index contributed by atoms with van der Waals surface area (Å²) in [5, 5.41) is 10.4. The second kappa shape index (κ2) is 9.64. The van der Waals surface area contributed by atoms with Crippen LogP contribution in [0.25, 0.3) is 0 Å². The molecule has 0 aliphatic carbocycles. The maximum Gasteiger partial charge on any atom is 0.237 e.